The summed E-state index contributed by atoms with van der Waals surface area (Å²) in [4.78, 5) is 50.4. The molecule has 0 unspecified atom stereocenters. The molecule has 0 saturated carbocycles. The number of phenolic OH excluding ortho intramolecular Hbond substituents is 1. The topological polar surface area (TPSA) is 152 Å². The molecular formula is C25H24N2O9. The van der Waals surface area contributed by atoms with E-state index in [9.17, 15) is 24.3 Å². The summed E-state index contributed by atoms with van der Waals surface area (Å²) in [5, 5.41) is 19.6. The number of carbonyl (C=O) groups is 4. The molecule has 188 valence electrons. The van der Waals surface area contributed by atoms with Crippen molar-refractivity contribution in [3.05, 3.63) is 52.6 Å². The van der Waals surface area contributed by atoms with E-state index in [4.69, 9.17) is 24.2 Å². The SMILES string of the molecule is CCOC(=O)COc1cc(O)c(C(=O)CN2Cc3cc(C#N)ccc3C2=O)cc1OCC(=O)OCC. The minimum atomic E-state index is -0.674. The van der Waals surface area contributed by atoms with E-state index in [-0.39, 0.29) is 49.3 Å². The molecule has 0 radical (unpaired) electrons. The summed E-state index contributed by atoms with van der Waals surface area (Å²) in [5.41, 5.74) is 1.23. The number of ketones is 1. The second-order valence-corrected chi connectivity index (χ2v) is 7.57. The molecule has 0 saturated heterocycles. The Kier molecular flexibility index (Phi) is 8.46. The Morgan fingerprint density at radius 1 is 1.00 bits per heavy atom. The highest BCUT2D eigenvalue weighted by Crippen LogP contribution is 2.35. The quantitative estimate of drug-likeness (QED) is 0.361. The molecule has 0 spiro atoms. The Morgan fingerprint density at radius 2 is 1.61 bits per heavy atom. The van der Waals surface area contributed by atoms with Gasteiger partial charge in [0.25, 0.3) is 5.91 Å². The number of aromatic hydroxyl groups is 1. The number of fused-ring (bicyclic) bond motifs is 1. The second kappa shape index (κ2) is 11.7. The average Bonchev–Trinajstić information content (AvgIpc) is 3.16. The highest BCUT2D eigenvalue weighted by atomic mass is 16.6. The summed E-state index contributed by atoms with van der Waals surface area (Å²) >= 11 is 0. The molecule has 3 rings (SSSR count). The van der Waals surface area contributed by atoms with Crippen molar-refractivity contribution < 1.29 is 43.2 Å². The third-order valence-corrected chi connectivity index (χ3v) is 5.11. The van der Waals surface area contributed by atoms with Gasteiger partial charge in [-0.1, -0.05) is 0 Å². The molecule has 0 aliphatic carbocycles. The number of hydrogen-bond donors (Lipinski definition) is 1. The van der Waals surface area contributed by atoms with Crippen molar-refractivity contribution in [2.75, 3.05) is 33.0 Å². The first-order valence-electron chi connectivity index (χ1n) is 11.1. The predicted octanol–water partition coefficient (Wildman–Crippen LogP) is 1.99. The number of hydrogen-bond acceptors (Lipinski definition) is 10. The van der Waals surface area contributed by atoms with Gasteiger partial charge in [0.15, 0.2) is 30.5 Å². The standard InChI is InChI=1S/C25H24N2O9/c1-3-33-23(30)13-35-21-8-18(19(28)9-22(21)36-14-24(31)34-4-2)20(29)12-27-11-16-7-15(10-26)5-6-17(16)25(27)32/h5-9,28H,3-4,11-14H2,1-2H3. The van der Waals surface area contributed by atoms with Crippen molar-refractivity contribution in [3.8, 4) is 23.3 Å². The molecule has 0 aromatic heterocycles. The largest absolute Gasteiger partial charge is 0.507 e. The summed E-state index contributed by atoms with van der Waals surface area (Å²) in [6.07, 6.45) is 0. The van der Waals surface area contributed by atoms with Gasteiger partial charge in [0.05, 0.1) is 37.0 Å². The highest BCUT2D eigenvalue weighted by molar-refractivity contribution is 6.05. The summed E-state index contributed by atoms with van der Waals surface area (Å²) in [6, 6.07) is 8.90. The van der Waals surface area contributed by atoms with Gasteiger partial charge in [0.1, 0.15) is 5.75 Å². The Balaban J connectivity index is 1.81. The van der Waals surface area contributed by atoms with Crippen LogP contribution in [0.5, 0.6) is 17.2 Å². The number of benzene rings is 2. The lowest BCUT2D eigenvalue weighted by molar-refractivity contribution is -0.146. The van der Waals surface area contributed by atoms with Gasteiger partial charge in [-0.2, -0.15) is 5.26 Å². The first-order chi connectivity index (χ1) is 17.3. The van der Waals surface area contributed by atoms with E-state index >= 15 is 0 Å². The van der Waals surface area contributed by atoms with E-state index in [0.29, 0.717) is 16.7 Å². The number of Topliss-reactive ketones (excluding diaryl/α,β-unsaturated/α-hetero) is 1. The van der Waals surface area contributed by atoms with Gasteiger partial charge in [0.2, 0.25) is 0 Å². The van der Waals surface area contributed by atoms with Crippen LogP contribution in [-0.2, 0) is 25.6 Å². The van der Waals surface area contributed by atoms with Crippen LogP contribution in [0.4, 0.5) is 0 Å². The fourth-order valence-corrected chi connectivity index (χ4v) is 3.51. The van der Waals surface area contributed by atoms with Crippen molar-refractivity contribution in [1.29, 1.82) is 5.26 Å². The van der Waals surface area contributed by atoms with Gasteiger partial charge < -0.3 is 29.0 Å². The highest BCUT2D eigenvalue weighted by Gasteiger charge is 2.30. The molecule has 2 aromatic carbocycles. The van der Waals surface area contributed by atoms with E-state index in [0.717, 1.165) is 6.07 Å². The van der Waals surface area contributed by atoms with Gasteiger partial charge in [-0.15, -0.1) is 0 Å². The van der Waals surface area contributed by atoms with E-state index < -0.39 is 36.7 Å². The zero-order valence-corrected chi connectivity index (χ0v) is 19.7. The molecule has 2 aromatic rings. The van der Waals surface area contributed by atoms with Crippen molar-refractivity contribution in [2.24, 2.45) is 0 Å². The molecule has 0 atom stereocenters. The number of nitrogens with zero attached hydrogens (tertiary/aromatic N) is 2. The molecular weight excluding hydrogens is 472 g/mol. The van der Waals surface area contributed by atoms with Gasteiger partial charge >= 0.3 is 11.9 Å². The maximum atomic E-state index is 13.0. The number of ether oxygens (including phenoxy) is 4. The zero-order chi connectivity index (χ0) is 26.2. The Morgan fingerprint density at radius 3 is 2.19 bits per heavy atom. The number of phenols is 1. The van der Waals surface area contributed by atoms with Crippen molar-refractivity contribution in [1.82, 2.24) is 4.90 Å². The fourth-order valence-electron chi connectivity index (χ4n) is 3.51. The number of amides is 1. The van der Waals surface area contributed by atoms with E-state index in [1.54, 1.807) is 19.9 Å². The molecule has 0 fully saturated rings. The summed E-state index contributed by atoms with van der Waals surface area (Å²) in [7, 11) is 0. The number of rotatable bonds is 11. The molecule has 1 aliphatic heterocycles. The van der Waals surface area contributed by atoms with E-state index in [2.05, 4.69) is 0 Å². The zero-order valence-electron chi connectivity index (χ0n) is 19.7. The van der Waals surface area contributed by atoms with Crippen LogP contribution >= 0.6 is 0 Å². The first kappa shape index (κ1) is 26.0. The van der Waals surface area contributed by atoms with Crippen molar-refractivity contribution >= 4 is 23.6 Å². The second-order valence-electron chi connectivity index (χ2n) is 7.57. The van der Waals surface area contributed by atoms with Crippen LogP contribution in [0.25, 0.3) is 0 Å². The van der Waals surface area contributed by atoms with Crippen molar-refractivity contribution in [2.45, 2.75) is 20.4 Å². The van der Waals surface area contributed by atoms with Crippen LogP contribution in [0.15, 0.2) is 30.3 Å². The van der Waals surface area contributed by atoms with E-state index in [1.165, 1.54) is 23.1 Å². The van der Waals surface area contributed by atoms with Crippen LogP contribution in [0.3, 0.4) is 0 Å². The maximum absolute atomic E-state index is 13.0. The monoisotopic (exact) mass is 496 g/mol. The summed E-state index contributed by atoms with van der Waals surface area (Å²) < 4.78 is 20.4. The van der Waals surface area contributed by atoms with E-state index in [1.807, 2.05) is 6.07 Å². The predicted molar refractivity (Wildman–Crippen MR) is 123 cm³/mol. The number of carbonyl (C=O) groups excluding carboxylic acids is 4. The third kappa shape index (κ3) is 6.09. The van der Waals surface area contributed by atoms with Gasteiger partial charge in [0, 0.05) is 18.2 Å². The molecule has 1 heterocycles. The fraction of sp³-hybridized carbons (Fsp3) is 0.320. The average molecular weight is 496 g/mol. The Hall–Kier alpha value is -4.59. The van der Waals surface area contributed by atoms with Crippen LogP contribution in [0.1, 0.15) is 45.7 Å². The Labute approximate surface area is 206 Å². The molecule has 1 aliphatic rings. The minimum absolute atomic E-state index is 0.0943. The minimum Gasteiger partial charge on any atom is -0.507 e. The molecule has 1 amide bonds. The van der Waals surface area contributed by atoms with Gasteiger partial charge in [-0.05, 0) is 43.7 Å². The Bertz CT molecular complexity index is 1230. The van der Waals surface area contributed by atoms with Crippen LogP contribution in [-0.4, -0.2) is 66.6 Å². The van der Waals surface area contributed by atoms with Gasteiger partial charge in [-0.3, -0.25) is 9.59 Å². The third-order valence-electron chi connectivity index (χ3n) is 5.11. The maximum Gasteiger partial charge on any atom is 0.344 e. The smallest absolute Gasteiger partial charge is 0.344 e. The van der Waals surface area contributed by atoms with Crippen LogP contribution < -0.4 is 9.47 Å². The molecule has 0 bridgehead atoms. The normalized spacial score (nSPS) is 11.9. The first-order valence-corrected chi connectivity index (χ1v) is 11.1. The molecule has 11 nitrogen and oxygen atoms in total. The molecule has 11 heteroatoms. The number of nitriles is 1. The van der Waals surface area contributed by atoms with Crippen LogP contribution in [0, 0.1) is 11.3 Å². The lowest BCUT2D eigenvalue weighted by atomic mass is 10.1. The van der Waals surface area contributed by atoms with Crippen molar-refractivity contribution in [3.63, 3.8) is 0 Å². The summed E-state index contributed by atoms with van der Waals surface area (Å²) in [5.74, 6) is -2.99. The molecule has 36 heavy (non-hydrogen) atoms. The lowest BCUT2D eigenvalue weighted by Gasteiger charge is -2.17. The van der Waals surface area contributed by atoms with Crippen LogP contribution in [0.2, 0.25) is 0 Å². The van der Waals surface area contributed by atoms with Gasteiger partial charge in [-0.25, -0.2) is 9.59 Å². The lowest BCUT2D eigenvalue weighted by Crippen LogP contribution is -2.30. The summed E-state index contributed by atoms with van der Waals surface area (Å²) in [6.45, 7) is 2.29. The number of esters is 2. The molecule has 1 N–H and O–H groups in total.